The van der Waals surface area contributed by atoms with Gasteiger partial charge in [0.05, 0.1) is 0 Å². The second-order valence-electron chi connectivity index (χ2n) is 7.26. The molecule has 2 unspecified atom stereocenters. The molecule has 2 saturated carbocycles. The maximum absolute atomic E-state index is 6.23. The summed E-state index contributed by atoms with van der Waals surface area (Å²) in [5, 5.41) is 0. The molecule has 2 rings (SSSR count). The first-order chi connectivity index (χ1) is 8.57. The Balaban J connectivity index is 2.14. The SMILES string of the molecule is CC(C)CN(C1CCCC1)C1(CN)CCC(C)C1. The molecule has 2 aliphatic rings. The van der Waals surface area contributed by atoms with Gasteiger partial charge < -0.3 is 5.73 Å². The summed E-state index contributed by atoms with van der Waals surface area (Å²) in [6.45, 7) is 9.21. The minimum atomic E-state index is 0.332. The van der Waals surface area contributed by atoms with E-state index in [-0.39, 0.29) is 0 Å². The van der Waals surface area contributed by atoms with Gasteiger partial charge in [0.2, 0.25) is 0 Å². The molecule has 0 heterocycles. The summed E-state index contributed by atoms with van der Waals surface area (Å²) in [6, 6.07) is 0.821. The van der Waals surface area contributed by atoms with Crippen molar-refractivity contribution < 1.29 is 0 Å². The lowest BCUT2D eigenvalue weighted by Gasteiger charge is -2.46. The molecule has 0 aromatic heterocycles. The number of rotatable bonds is 5. The fourth-order valence-electron chi connectivity index (χ4n) is 4.27. The molecule has 2 N–H and O–H groups in total. The first-order valence-corrected chi connectivity index (χ1v) is 8.04. The van der Waals surface area contributed by atoms with Crippen LogP contribution < -0.4 is 5.73 Å². The summed E-state index contributed by atoms with van der Waals surface area (Å²) >= 11 is 0. The van der Waals surface area contributed by atoms with Gasteiger partial charge in [0.1, 0.15) is 0 Å². The Hall–Kier alpha value is -0.0800. The van der Waals surface area contributed by atoms with Crippen LogP contribution in [0.2, 0.25) is 0 Å². The lowest BCUT2D eigenvalue weighted by atomic mass is 9.90. The fourth-order valence-corrected chi connectivity index (χ4v) is 4.27. The Labute approximate surface area is 113 Å². The Kier molecular flexibility index (Phi) is 4.71. The molecule has 0 spiro atoms. The number of nitrogens with zero attached hydrogens (tertiary/aromatic N) is 1. The molecule has 2 nitrogen and oxygen atoms in total. The van der Waals surface area contributed by atoms with Crippen molar-refractivity contribution in [2.45, 2.75) is 77.3 Å². The summed E-state index contributed by atoms with van der Waals surface area (Å²) in [4.78, 5) is 2.84. The minimum Gasteiger partial charge on any atom is -0.329 e. The molecule has 0 aliphatic heterocycles. The van der Waals surface area contributed by atoms with Gasteiger partial charge in [-0.05, 0) is 43.9 Å². The zero-order valence-corrected chi connectivity index (χ0v) is 12.6. The van der Waals surface area contributed by atoms with Crippen LogP contribution in [0.1, 0.15) is 65.7 Å². The van der Waals surface area contributed by atoms with Crippen molar-refractivity contribution in [1.29, 1.82) is 0 Å². The predicted octanol–water partition coefficient (Wildman–Crippen LogP) is 3.40. The molecule has 0 amide bonds. The molecule has 2 heteroatoms. The van der Waals surface area contributed by atoms with Crippen LogP contribution in [0, 0.1) is 11.8 Å². The van der Waals surface area contributed by atoms with Gasteiger partial charge in [0.15, 0.2) is 0 Å². The highest BCUT2D eigenvalue weighted by Gasteiger charge is 2.44. The van der Waals surface area contributed by atoms with E-state index in [9.17, 15) is 0 Å². The van der Waals surface area contributed by atoms with Gasteiger partial charge in [-0.3, -0.25) is 4.90 Å². The average Bonchev–Trinajstić information content (AvgIpc) is 2.95. The minimum absolute atomic E-state index is 0.332. The summed E-state index contributed by atoms with van der Waals surface area (Å²) in [5.41, 5.74) is 6.57. The van der Waals surface area contributed by atoms with Gasteiger partial charge >= 0.3 is 0 Å². The zero-order valence-electron chi connectivity index (χ0n) is 12.6. The third-order valence-corrected chi connectivity index (χ3v) is 5.15. The second kappa shape index (κ2) is 5.92. The van der Waals surface area contributed by atoms with Gasteiger partial charge in [0, 0.05) is 24.7 Å². The average molecular weight is 252 g/mol. The maximum atomic E-state index is 6.23. The van der Waals surface area contributed by atoms with E-state index in [2.05, 4.69) is 25.7 Å². The first-order valence-electron chi connectivity index (χ1n) is 8.04. The van der Waals surface area contributed by atoms with Crippen molar-refractivity contribution in [3.8, 4) is 0 Å². The zero-order chi connectivity index (χ0) is 13.2. The fraction of sp³-hybridized carbons (Fsp3) is 1.00. The van der Waals surface area contributed by atoms with Crippen molar-refractivity contribution in [2.24, 2.45) is 17.6 Å². The summed E-state index contributed by atoms with van der Waals surface area (Å²) in [6.07, 6.45) is 9.69. The Morgan fingerprint density at radius 2 is 1.89 bits per heavy atom. The van der Waals surface area contributed by atoms with E-state index in [1.807, 2.05) is 0 Å². The first kappa shape index (κ1) is 14.3. The van der Waals surface area contributed by atoms with E-state index in [4.69, 9.17) is 5.73 Å². The lowest BCUT2D eigenvalue weighted by Crippen LogP contribution is -2.57. The van der Waals surface area contributed by atoms with E-state index in [0.717, 1.165) is 24.4 Å². The van der Waals surface area contributed by atoms with Crippen LogP contribution >= 0.6 is 0 Å². The molecule has 106 valence electrons. The molecule has 0 aromatic rings. The Bertz CT molecular complexity index is 258. The van der Waals surface area contributed by atoms with Gasteiger partial charge in [-0.1, -0.05) is 33.6 Å². The second-order valence-corrected chi connectivity index (χ2v) is 7.26. The quantitative estimate of drug-likeness (QED) is 0.812. The van der Waals surface area contributed by atoms with Crippen molar-refractivity contribution in [2.75, 3.05) is 13.1 Å². The van der Waals surface area contributed by atoms with E-state index in [1.165, 1.54) is 51.5 Å². The van der Waals surface area contributed by atoms with Crippen LogP contribution in [0.15, 0.2) is 0 Å². The van der Waals surface area contributed by atoms with Gasteiger partial charge in [-0.25, -0.2) is 0 Å². The van der Waals surface area contributed by atoms with Crippen molar-refractivity contribution >= 4 is 0 Å². The molecular weight excluding hydrogens is 220 g/mol. The van der Waals surface area contributed by atoms with Crippen molar-refractivity contribution in [3.05, 3.63) is 0 Å². The van der Waals surface area contributed by atoms with Gasteiger partial charge in [0.25, 0.3) is 0 Å². The monoisotopic (exact) mass is 252 g/mol. The van der Waals surface area contributed by atoms with Crippen LogP contribution in [0.4, 0.5) is 0 Å². The summed E-state index contributed by atoms with van der Waals surface area (Å²) in [7, 11) is 0. The standard InChI is InChI=1S/C16H32N2/c1-13(2)11-18(15-6-4-5-7-15)16(12-17)9-8-14(3)10-16/h13-15H,4-12,17H2,1-3H3. The molecular formula is C16H32N2. The molecule has 0 radical (unpaired) electrons. The molecule has 2 atom stereocenters. The van der Waals surface area contributed by atoms with Gasteiger partial charge in [-0.15, -0.1) is 0 Å². The number of nitrogens with two attached hydrogens (primary N) is 1. The van der Waals surface area contributed by atoms with E-state index < -0.39 is 0 Å². The smallest absolute Gasteiger partial charge is 0.0337 e. The Morgan fingerprint density at radius 1 is 1.22 bits per heavy atom. The molecule has 2 aliphatic carbocycles. The molecule has 18 heavy (non-hydrogen) atoms. The maximum Gasteiger partial charge on any atom is 0.0337 e. The number of hydrogen-bond donors (Lipinski definition) is 1. The molecule has 2 fully saturated rings. The number of hydrogen-bond acceptors (Lipinski definition) is 2. The van der Waals surface area contributed by atoms with Crippen molar-refractivity contribution in [1.82, 2.24) is 4.90 Å². The van der Waals surface area contributed by atoms with E-state index in [1.54, 1.807) is 0 Å². The highest BCUT2D eigenvalue weighted by molar-refractivity contribution is 5.01. The molecule has 0 aromatic carbocycles. The van der Waals surface area contributed by atoms with E-state index >= 15 is 0 Å². The normalized spacial score (nSPS) is 34.0. The van der Waals surface area contributed by atoms with E-state index in [0.29, 0.717) is 5.54 Å². The third-order valence-electron chi connectivity index (χ3n) is 5.15. The van der Waals surface area contributed by atoms with Crippen LogP contribution in [-0.2, 0) is 0 Å². The molecule has 0 saturated heterocycles. The summed E-state index contributed by atoms with van der Waals surface area (Å²) in [5.74, 6) is 1.62. The molecule has 0 bridgehead atoms. The van der Waals surface area contributed by atoms with Crippen LogP contribution in [0.5, 0.6) is 0 Å². The summed E-state index contributed by atoms with van der Waals surface area (Å²) < 4.78 is 0. The largest absolute Gasteiger partial charge is 0.329 e. The van der Waals surface area contributed by atoms with Gasteiger partial charge in [-0.2, -0.15) is 0 Å². The highest BCUT2D eigenvalue weighted by Crippen LogP contribution is 2.42. The van der Waals surface area contributed by atoms with Crippen LogP contribution in [0.3, 0.4) is 0 Å². The van der Waals surface area contributed by atoms with Crippen molar-refractivity contribution in [3.63, 3.8) is 0 Å². The Morgan fingerprint density at radius 3 is 2.33 bits per heavy atom. The highest BCUT2D eigenvalue weighted by atomic mass is 15.2. The topological polar surface area (TPSA) is 29.3 Å². The van der Waals surface area contributed by atoms with Crippen LogP contribution in [-0.4, -0.2) is 29.6 Å². The predicted molar refractivity (Wildman–Crippen MR) is 78.6 cm³/mol. The third kappa shape index (κ3) is 2.91. The lowest BCUT2D eigenvalue weighted by molar-refractivity contribution is 0.0394. The van der Waals surface area contributed by atoms with Crippen LogP contribution in [0.25, 0.3) is 0 Å².